The van der Waals surface area contributed by atoms with Crippen molar-refractivity contribution in [3.8, 4) is 0 Å². The predicted molar refractivity (Wildman–Crippen MR) is 51.9 cm³/mol. The van der Waals surface area contributed by atoms with E-state index in [1.165, 1.54) is 0 Å². The predicted octanol–water partition coefficient (Wildman–Crippen LogP) is 1.79. The van der Waals surface area contributed by atoms with E-state index in [-0.39, 0.29) is 5.91 Å². The van der Waals surface area contributed by atoms with E-state index in [0.29, 0.717) is 6.42 Å². The lowest BCUT2D eigenvalue weighted by molar-refractivity contribution is -0.192. The van der Waals surface area contributed by atoms with Gasteiger partial charge in [0.15, 0.2) is 0 Å². The quantitative estimate of drug-likeness (QED) is 0.799. The molecule has 0 spiro atoms. The summed E-state index contributed by atoms with van der Waals surface area (Å²) < 4.78 is 36.3. The monoisotopic (exact) mass is 255 g/mol. The molecule has 0 saturated heterocycles. The molecular weight excluding hydrogens is 243 g/mol. The molecule has 0 aliphatic rings. The first-order chi connectivity index (χ1) is 7.71. The van der Waals surface area contributed by atoms with Crippen molar-refractivity contribution in [2.45, 2.75) is 19.5 Å². The average molecular weight is 255 g/mol. The lowest BCUT2D eigenvalue weighted by Crippen LogP contribution is -2.21. The Morgan fingerprint density at radius 2 is 1.59 bits per heavy atom. The minimum absolute atomic E-state index is 0.245. The summed E-state index contributed by atoms with van der Waals surface area (Å²) in [6.07, 6.45) is -1.39. The molecule has 0 aromatic carbocycles. The Morgan fingerprint density at radius 3 is 1.65 bits per heavy atom. The van der Waals surface area contributed by atoms with E-state index in [1.54, 1.807) is 19.5 Å². The van der Waals surface area contributed by atoms with Crippen LogP contribution in [0, 0.1) is 0 Å². The van der Waals surface area contributed by atoms with E-state index in [0.717, 1.165) is 0 Å². The Balaban J connectivity index is 0. The second-order valence-electron chi connectivity index (χ2n) is 2.42. The van der Waals surface area contributed by atoms with E-state index in [9.17, 15) is 18.0 Å². The number of primary amides is 1. The number of carbonyl (C=O) groups is 2. The number of halogens is 3. The zero-order valence-electron chi connectivity index (χ0n) is 8.90. The third-order valence-corrected chi connectivity index (χ3v) is 1.02. The van der Waals surface area contributed by atoms with Gasteiger partial charge in [0, 0.05) is 6.42 Å². The minimum atomic E-state index is -5.08. The molecule has 8 heteroatoms. The average Bonchev–Trinajstić information content (AvgIpc) is 2.74. The second kappa shape index (κ2) is 9.25. The highest BCUT2D eigenvalue weighted by Crippen LogP contribution is 2.13. The molecule has 1 heterocycles. The smallest absolute Gasteiger partial charge is 0.475 e. The van der Waals surface area contributed by atoms with Crippen molar-refractivity contribution >= 4 is 11.9 Å². The molecule has 5 nitrogen and oxygen atoms in total. The van der Waals surface area contributed by atoms with Crippen molar-refractivity contribution in [1.82, 2.24) is 0 Å². The van der Waals surface area contributed by atoms with Crippen LogP contribution in [0.5, 0.6) is 0 Å². The minimum Gasteiger partial charge on any atom is -0.475 e. The van der Waals surface area contributed by atoms with E-state index in [1.807, 2.05) is 12.1 Å². The highest BCUT2D eigenvalue weighted by atomic mass is 19.4. The number of alkyl halides is 3. The maximum atomic E-state index is 10.6. The van der Waals surface area contributed by atoms with Gasteiger partial charge in [-0.1, -0.05) is 6.92 Å². The molecule has 3 N–H and O–H groups in total. The van der Waals surface area contributed by atoms with Gasteiger partial charge in [0.1, 0.15) is 0 Å². The summed E-state index contributed by atoms with van der Waals surface area (Å²) >= 11 is 0. The molecule has 1 amide bonds. The number of aliphatic carboxylic acids is 1. The van der Waals surface area contributed by atoms with Crippen LogP contribution in [0.25, 0.3) is 0 Å². The molecule has 0 radical (unpaired) electrons. The molecule has 98 valence electrons. The van der Waals surface area contributed by atoms with Gasteiger partial charge in [-0.2, -0.15) is 13.2 Å². The van der Waals surface area contributed by atoms with Crippen molar-refractivity contribution in [3.63, 3.8) is 0 Å². The molecule has 0 aliphatic heterocycles. The highest BCUT2D eigenvalue weighted by molar-refractivity contribution is 5.73. The van der Waals surface area contributed by atoms with Crippen LogP contribution in [0.2, 0.25) is 0 Å². The zero-order valence-corrected chi connectivity index (χ0v) is 8.90. The summed E-state index contributed by atoms with van der Waals surface area (Å²) in [5.41, 5.74) is 4.65. The van der Waals surface area contributed by atoms with Gasteiger partial charge in [-0.15, -0.1) is 0 Å². The number of nitrogens with two attached hydrogens (primary N) is 1. The SMILES string of the molecule is CCC(N)=O.O=C(O)C(F)(F)F.c1ccoc1. The van der Waals surface area contributed by atoms with Crippen molar-refractivity contribution in [2.75, 3.05) is 0 Å². The van der Waals surface area contributed by atoms with Crippen LogP contribution in [0.15, 0.2) is 29.1 Å². The van der Waals surface area contributed by atoms with Crippen molar-refractivity contribution in [3.05, 3.63) is 24.7 Å². The number of amides is 1. The lowest BCUT2D eigenvalue weighted by atomic mass is 10.5. The number of hydrogen-bond acceptors (Lipinski definition) is 3. The van der Waals surface area contributed by atoms with Crippen molar-refractivity contribution < 1.29 is 32.3 Å². The van der Waals surface area contributed by atoms with Crippen LogP contribution < -0.4 is 5.73 Å². The van der Waals surface area contributed by atoms with E-state index < -0.39 is 12.1 Å². The van der Waals surface area contributed by atoms with Gasteiger partial charge in [0.05, 0.1) is 12.5 Å². The third kappa shape index (κ3) is 16.7. The number of carboxylic acids is 1. The van der Waals surface area contributed by atoms with E-state index in [2.05, 4.69) is 10.2 Å². The van der Waals surface area contributed by atoms with E-state index in [4.69, 9.17) is 9.90 Å². The van der Waals surface area contributed by atoms with Gasteiger partial charge in [0.2, 0.25) is 5.91 Å². The van der Waals surface area contributed by atoms with Gasteiger partial charge in [-0.25, -0.2) is 4.79 Å². The summed E-state index contributed by atoms with van der Waals surface area (Å²) in [4.78, 5) is 18.5. The Kier molecular flexibility index (Phi) is 9.47. The molecule has 1 aromatic rings. The van der Waals surface area contributed by atoms with Gasteiger partial charge in [-0.05, 0) is 12.1 Å². The molecule has 0 saturated carbocycles. The lowest BCUT2D eigenvalue weighted by Gasteiger charge is -1.93. The fourth-order valence-corrected chi connectivity index (χ4v) is 0.227. The Labute approximate surface area is 95.0 Å². The topological polar surface area (TPSA) is 93.5 Å². The highest BCUT2D eigenvalue weighted by Gasteiger charge is 2.38. The van der Waals surface area contributed by atoms with E-state index >= 15 is 0 Å². The third-order valence-electron chi connectivity index (χ3n) is 1.02. The van der Waals surface area contributed by atoms with Gasteiger partial charge in [0.25, 0.3) is 0 Å². The first-order valence-electron chi connectivity index (χ1n) is 4.27. The van der Waals surface area contributed by atoms with Crippen molar-refractivity contribution in [1.29, 1.82) is 0 Å². The maximum Gasteiger partial charge on any atom is 0.490 e. The number of carbonyl (C=O) groups excluding carboxylic acids is 1. The molecule has 1 aromatic heterocycles. The van der Waals surface area contributed by atoms with Gasteiger partial charge >= 0.3 is 12.1 Å². The Morgan fingerprint density at radius 1 is 1.29 bits per heavy atom. The summed E-state index contributed by atoms with van der Waals surface area (Å²) in [7, 11) is 0. The maximum absolute atomic E-state index is 10.6. The number of hydrogen-bond donors (Lipinski definition) is 2. The number of carboxylic acid groups (broad SMARTS) is 1. The summed E-state index contributed by atoms with van der Waals surface area (Å²) in [5, 5.41) is 7.12. The van der Waals surface area contributed by atoms with Gasteiger partial charge < -0.3 is 15.3 Å². The standard InChI is InChI=1S/C4H4O.C3H7NO.C2HF3O2/c1-2-4-5-3-1;1-2-3(4)5;3-2(4,5)1(6)7/h1-4H;2H2,1H3,(H2,4,5);(H,6,7). The van der Waals surface area contributed by atoms with Crippen LogP contribution in [0.1, 0.15) is 13.3 Å². The number of furan rings is 1. The zero-order chi connectivity index (χ0) is 13.9. The van der Waals surface area contributed by atoms with Crippen molar-refractivity contribution in [2.24, 2.45) is 5.73 Å². The fraction of sp³-hybridized carbons (Fsp3) is 0.333. The summed E-state index contributed by atoms with van der Waals surface area (Å²) in [6.45, 7) is 1.72. The number of rotatable bonds is 1. The van der Waals surface area contributed by atoms with Crippen LogP contribution in [-0.4, -0.2) is 23.2 Å². The molecule has 0 atom stereocenters. The molecule has 0 bridgehead atoms. The molecule has 17 heavy (non-hydrogen) atoms. The molecule has 0 unspecified atom stereocenters. The summed E-state index contributed by atoms with van der Waals surface area (Å²) in [5.74, 6) is -3.00. The first-order valence-corrected chi connectivity index (χ1v) is 4.27. The van der Waals surface area contributed by atoms with Crippen LogP contribution >= 0.6 is 0 Å². The Bertz CT molecular complexity index is 291. The van der Waals surface area contributed by atoms with Crippen LogP contribution in [0.4, 0.5) is 13.2 Å². The fourth-order valence-electron chi connectivity index (χ4n) is 0.227. The van der Waals surface area contributed by atoms with Crippen LogP contribution in [0.3, 0.4) is 0 Å². The molecule has 1 rings (SSSR count). The summed E-state index contributed by atoms with van der Waals surface area (Å²) in [6, 6.07) is 3.67. The second-order valence-corrected chi connectivity index (χ2v) is 2.42. The molecule has 0 fully saturated rings. The molecular formula is C9H12F3NO4. The molecule has 0 aliphatic carbocycles. The first kappa shape index (κ1) is 17.4. The normalized spacial score (nSPS) is 9.18. The Hall–Kier alpha value is -1.99. The van der Waals surface area contributed by atoms with Crippen LogP contribution in [-0.2, 0) is 9.59 Å². The van der Waals surface area contributed by atoms with Gasteiger partial charge in [-0.3, -0.25) is 4.79 Å². The largest absolute Gasteiger partial charge is 0.490 e.